The Bertz CT molecular complexity index is 921. The second-order valence-electron chi connectivity index (χ2n) is 7.41. The van der Waals surface area contributed by atoms with Crippen LogP contribution in [-0.2, 0) is 21.5 Å². The van der Waals surface area contributed by atoms with Crippen LogP contribution in [0.2, 0.25) is 0 Å². The highest BCUT2D eigenvalue weighted by Gasteiger charge is 2.45. The molecule has 30 heavy (non-hydrogen) atoms. The number of nitrogens with zero attached hydrogens (tertiary/aromatic N) is 1. The number of rotatable bonds is 6. The quantitative estimate of drug-likeness (QED) is 0.680. The zero-order chi connectivity index (χ0) is 21.9. The molecule has 8 heteroatoms. The molecule has 0 radical (unpaired) electrons. The van der Waals surface area contributed by atoms with Crippen LogP contribution >= 0.6 is 0 Å². The first kappa shape index (κ1) is 21.8. The molecular weight excluding hydrogens is 400 g/mol. The van der Waals surface area contributed by atoms with Gasteiger partial charge in [0.05, 0.1) is 5.41 Å². The predicted octanol–water partition coefficient (Wildman–Crippen LogP) is 4.80. The highest BCUT2D eigenvalue weighted by molar-refractivity contribution is 6.00. The molecule has 2 aromatic carbocycles. The van der Waals surface area contributed by atoms with E-state index in [2.05, 4.69) is 5.32 Å². The zero-order valence-electron chi connectivity index (χ0n) is 16.4. The summed E-state index contributed by atoms with van der Waals surface area (Å²) < 4.78 is 51.4. The van der Waals surface area contributed by atoms with E-state index in [1.807, 2.05) is 0 Å². The Morgan fingerprint density at radius 3 is 2.30 bits per heavy atom. The summed E-state index contributed by atoms with van der Waals surface area (Å²) in [6, 6.07) is 12.3. The van der Waals surface area contributed by atoms with Crippen LogP contribution in [0.3, 0.4) is 0 Å². The van der Waals surface area contributed by atoms with Crippen molar-refractivity contribution in [3.63, 3.8) is 0 Å². The van der Waals surface area contributed by atoms with Gasteiger partial charge in [-0.25, -0.2) is 4.39 Å². The first-order chi connectivity index (χ1) is 14.2. The van der Waals surface area contributed by atoms with E-state index in [0.717, 1.165) is 12.0 Å². The Hall–Kier alpha value is -2.90. The summed E-state index contributed by atoms with van der Waals surface area (Å²) in [7, 11) is 0. The second-order valence-corrected chi connectivity index (χ2v) is 7.41. The lowest BCUT2D eigenvalue weighted by molar-refractivity contribution is -0.185. The molecule has 1 saturated carbocycles. The van der Waals surface area contributed by atoms with Crippen molar-refractivity contribution in [2.75, 3.05) is 11.9 Å². The molecule has 0 aromatic heterocycles. The summed E-state index contributed by atoms with van der Waals surface area (Å²) in [6.07, 6.45) is -2.80. The number of benzene rings is 2. The third kappa shape index (κ3) is 4.47. The molecule has 2 amide bonds. The molecule has 2 aromatic rings. The van der Waals surface area contributed by atoms with Gasteiger partial charge in [0.15, 0.2) is 0 Å². The van der Waals surface area contributed by atoms with Crippen LogP contribution in [0.1, 0.15) is 37.3 Å². The summed E-state index contributed by atoms with van der Waals surface area (Å²) in [4.78, 5) is 25.2. The minimum Gasteiger partial charge on any atom is -0.331 e. The monoisotopic (exact) mass is 422 g/mol. The second kappa shape index (κ2) is 8.45. The summed E-state index contributed by atoms with van der Waals surface area (Å²) >= 11 is 0. The van der Waals surface area contributed by atoms with Gasteiger partial charge in [0.25, 0.3) is 0 Å². The maximum atomic E-state index is 13.3. The van der Waals surface area contributed by atoms with Gasteiger partial charge in [-0.2, -0.15) is 13.2 Å². The van der Waals surface area contributed by atoms with Crippen molar-refractivity contribution in [1.82, 2.24) is 4.90 Å². The third-order valence-electron chi connectivity index (χ3n) is 5.51. The van der Waals surface area contributed by atoms with Gasteiger partial charge >= 0.3 is 12.1 Å². The lowest BCUT2D eigenvalue weighted by atomic mass is 9.64. The SMILES string of the molecule is CCN(Cc1cccc(NC(=O)C2(c3ccc(F)cc3)CCC2)c1)C(=O)C(F)(F)F. The van der Waals surface area contributed by atoms with Gasteiger partial charge in [0, 0.05) is 18.8 Å². The van der Waals surface area contributed by atoms with E-state index in [4.69, 9.17) is 0 Å². The summed E-state index contributed by atoms with van der Waals surface area (Å²) in [5.74, 6) is -2.52. The van der Waals surface area contributed by atoms with Crippen molar-refractivity contribution in [3.05, 3.63) is 65.5 Å². The molecule has 1 aliphatic carbocycles. The minimum atomic E-state index is -4.94. The van der Waals surface area contributed by atoms with Gasteiger partial charge in [-0.3, -0.25) is 9.59 Å². The number of halogens is 4. The number of nitrogens with one attached hydrogen (secondary N) is 1. The molecule has 0 saturated heterocycles. The van der Waals surface area contributed by atoms with Crippen molar-refractivity contribution in [1.29, 1.82) is 0 Å². The molecule has 4 nitrogen and oxygen atoms in total. The fourth-order valence-electron chi connectivity index (χ4n) is 3.67. The van der Waals surface area contributed by atoms with E-state index in [9.17, 15) is 27.2 Å². The fourth-order valence-corrected chi connectivity index (χ4v) is 3.67. The maximum Gasteiger partial charge on any atom is 0.471 e. The van der Waals surface area contributed by atoms with Crippen LogP contribution in [0.5, 0.6) is 0 Å². The Morgan fingerprint density at radius 1 is 1.10 bits per heavy atom. The van der Waals surface area contributed by atoms with Crippen LogP contribution in [0.15, 0.2) is 48.5 Å². The van der Waals surface area contributed by atoms with Crippen molar-refractivity contribution in [2.45, 2.75) is 44.3 Å². The number of anilines is 1. The summed E-state index contributed by atoms with van der Waals surface area (Å²) in [6.45, 7) is 1.16. The Kier molecular flexibility index (Phi) is 6.14. The molecule has 160 valence electrons. The third-order valence-corrected chi connectivity index (χ3v) is 5.51. The topological polar surface area (TPSA) is 49.4 Å². The maximum absolute atomic E-state index is 13.3. The van der Waals surface area contributed by atoms with E-state index in [1.165, 1.54) is 19.1 Å². The van der Waals surface area contributed by atoms with Gasteiger partial charge in [0.2, 0.25) is 5.91 Å². The Balaban J connectivity index is 1.75. The molecule has 0 atom stereocenters. The van der Waals surface area contributed by atoms with E-state index in [1.54, 1.807) is 36.4 Å². The van der Waals surface area contributed by atoms with E-state index >= 15 is 0 Å². The minimum absolute atomic E-state index is 0.0946. The van der Waals surface area contributed by atoms with Crippen LogP contribution in [0.25, 0.3) is 0 Å². The number of alkyl halides is 3. The van der Waals surface area contributed by atoms with Crippen molar-refractivity contribution in [2.24, 2.45) is 0 Å². The number of carbonyl (C=O) groups excluding carboxylic acids is 2. The standard InChI is InChI=1S/C22H22F4N2O2/c1-2-28(20(30)22(24,25)26)14-15-5-3-6-18(13-15)27-19(29)21(11-4-12-21)16-7-9-17(23)10-8-16/h3,5-10,13H,2,4,11-12,14H2,1H3,(H,27,29). The average Bonchev–Trinajstić information content (AvgIpc) is 2.65. The largest absolute Gasteiger partial charge is 0.471 e. The molecule has 1 N–H and O–H groups in total. The number of amides is 2. The number of hydrogen-bond donors (Lipinski definition) is 1. The van der Waals surface area contributed by atoms with Crippen LogP contribution in [-0.4, -0.2) is 29.4 Å². The van der Waals surface area contributed by atoms with Gasteiger partial charge in [-0.1, -0.05) is 30.7 Å². The first-order valence-electron chi connectivity index (χ1n) is 9.68. The van der Waals surface area contributed by atoms with Gasteiger partial charge in [-0.05, 0) is 55.2 Å². The van der Waals surface area contributed by atoms with E-state index < -0.39 is 17.5 Å². The van der Waals surface area contributed by atoms with Crippen molar-refractivity contribution >= 4 is 17.5 Å². The first-order valence-corrected chi connectivity index (χ1v) is 9.68. The van der Waals surface area contributed by atoms with E-state index in [-0.39, 0.29) is 24.8 Å². The average molecular weight is 422 g/mol. The van der Waals surface area contributed by atoms with Crippen molar-refractivity contribution in [3.8, 4) is 0 Å². The lowest BCUT2D eigenvalue weighted by Gasteiger charge is -2.40. The summed E-state index contributed by atoms with van der Waals surface area (Å²) in [5.41, 5.74) is 0.889. The molecule has 1 aliphatic rings. The van der Waals surface area contributed by atoms with Gasteiger partial charge in [-0.15, -0.1) is 0 Å². The Labute approximate surface area is 171 Å². The lowest BCUT2D eigenvalue weighted by Crippen LogP contribution is -2.46. The van der Waals surface area contributed by atoms with Crippen LogP contribution in [0, 0.1) is 5.82 Å². The fraction of sp³-hybridized carbons (Fsp3) is 0.364. The molecule has 0 spiro atoms. The molecular formula is C22H22F4N2O2. The summed E-state index contributed by atoms with van der Waals surface area (Å²) in [5, 5.41) is 2.83. The van der Waals surface area contributed by atoms with Crippen molar-refractivity contribution < 1.29 is 27.2 Å². The number of carbonyl (C=O) groups is 2. The van der Waals surface area contributed by atoms with Gasteiger partial charge < -0.3 is 10.2 Å². The molecule has 0 aliphatic heterocycles. The zero-order valence-corrected chi connectivity index (χ0v) is 16.4. The smallest absolute Gasteiger partial charge is 0.331 e. The van der Waals surface area contributed by atoms with E-state index in [0.29, 0.717) is 29.0 Å². The highest BCUT2D eigenvalue weighted by Crippen LogP contribution is 2.44. The van der Waals surface area contributed by atoms with Crippen LogP contribution < -0.4 is 5.32 Å². The molecule has 0 bridgehead atoms. The normalized spacial score (nSPS) is 15.2. The number of hydrogen-bond acceptors (Lipinski definition) is 2. The molecule has 0 unspecified atom stereocenters. The molecule has 3 rings (SSSR count). The Morgan fingerprint density at radius 2 is 1.77 bits per heavy atom. The molecule has 1 fully saturated rings. The van der Waals surface area contributed by atoms with Crippen LogP contribution in [0.4, 0.5) is 23.2 Å². The molecule has 0 heterocycles. The van der Waals surface area contributed by atoms with Gasteiger partial charge in [0.1, 0.15) is 5.82 Å². The predicted molar refractivity (Wildman–Crippen MR) is 104 cm³/mol. The highest BCUT2D eigenvalue weighted by atomic mass is 19.4.